The van der Waals surface area contributed by atoms with Crippen LogP contribution in [0.2, 0.25) is 0 Å². The molecule has 0 radical (unpaired) electrons. The van der Waals surface area contributed by atoms with E-state index in [4.69, 9.17) is 0 Å². The van der Waals surface area contributed by atoms with Gasteiger partial charge in [0.2, 0.25) is 0 Å². The van der Waals surface area contributed by atoms with E-state index in [1.54, 1.807) is 10.6 Å². The van der Waals surface area contributed by atoms with E-state index in [9.17, 15) is 4.79 Å². The van der Waals surface area contributed by atoms with Crippen molar-refractivity contribution in [2.75, 3.05) is 18.4 Å². The van der Waals surface area contributed by atoms with Crippen LogP contribution in [0.25, 0.3) is 10.9 Å². The molecule has 4 nitrogen and oxygen atoms in total. The van der Waals surface area contributed by atoms with E-state index in [1.165, 1.54) is 12.8 Å². The quantitative estimate of drug-likeness (QED) is 0.895. The maximum Gasteiger partial charge on any atom is 0.252 e. The van der Waals surface area contributed by atoms with Crippen LogP contribution < -0.4 is 16.2 Å². The van der Waals surface area contributed by atoms with Gasteiger partial charge in [-0.3, -0.25) is 4.79 Å². The average molecular weight is 271 g/mol. The Balaban J connectivity index is 1.80. The Morgan fingerprint density at radius 1 is 1.40 bits per heavy atom. The summed E-state index contributed by atoms with van der Waals surface area (Å²) < 4.78 is 1.69. The SMILES string of the molecule is Cn1c(=O)cc(NCC[C@H]2CCCN2)c2ccccc21. The lowest BCUT2D eigenvalue weighted by molar-refractivity contribution is 0.574. The number of benzene rings is 1. The van der Waals surface area contributed by atoms with Crippen molar-refractivity contribution in [2.45, 2.75) is 25.3 Å². The molecule has 4 heteroatoms. The molecule has 0 spiro atoms. The number of para-hydroxylation sites is 1. The largest absolute Gasteiger partial charge is 0.384 e. The molecule has 0 saturated carbocycles. The third-order valence-electron chi connectivity index (χ3n) is 4.12. The average Bonchev–Trinajstić information content (AvgIpc) is 2.97. The molecule has 0 bridgehead atoms. The van der Waals surface area contributed by atoms with E-state index >= 15 is 0 Å². The van der Waals surface area contributed by atoms with Crippen molar-refractivity contribution in [2.24, 2.45) is 7.05 Å². The van der Waals surface area contributed by atoms with E-state index in [2.05, 4.69) is 16.7 Å². The molecule has 1 aromatic heterocycles. The summed E-state index contributed by atoms with van der Waals surface area (Å²) in [5.74, 6) is 0. The van der Waals surface area contributed by atoms with E-state index in [0.717, 1.165) is 36.1 Å². The molecule has 106 valence electrons. The van der Waals surface area contributed by atoms with E-state index in [0.29, 0.717) is 6.04 Å². The van der Waals surface area contributed by atoms with Gasteiger partial charge in [-0.05, 0) is 31.9 Å². The third kappa shape index (κ3) is 2.56. The highest BCUT2D eigenvalue weighted by Gasteiger charge is 2.13. The molecule has 1 aromatic carbocycles. The summed E-state index contributed by atoms with van der Waals surface area (Å²) >= 11 is 0. The van der Waals surface area contributed by atoms with Gasteiger partial charge in [0, 0.05) is 36.8 Å². The minimum absolute atomic E-state index is 0.0326. The molecule has 1 atom stereocenters. The van der Waals surface area contributed by atoms with Crippen molar-refractivity contribution >= 4 is 16.6 Å². The number of nitrogens with one attached hydrogen (secondary N) is 2. The number of aromatic nitrogens is 1. The van der Waals surface area contributed by atoms with E-state index in [-0.39, 0.29) is 5.56 Å². The first-order valence-electron chi connectivity index (χ1n) is 7.32. The van der Waals surface area contributed by atoms with Gasteiger partial charge in [0.1, 0.15) is 0 Å². The predicted octanol–water partition coefficient (Wildman–Crippen LogP) is 2.09. The van der Waals surface area contributed by atoms with Gasteiger partial charge in [-0.15, -0.1) is 0 Å². The maximum atomic E-state index is 12.0. The van der Waals surface area contributed by atoms with Crippen molar-refractivity contribution in [1.29, 1.82) is 0 Å². The molecular formula is C16H21N3O. The summed E-state index contributed by atoms with van der Waals surface area (Å²) in [6, 6.07) is 10.3. The van der Waals surface area contributed by atoms with Crippen molar-refractivity contribution in [3.05, 3.63) is 40.7 Å². The molecule has 2 N–H and O–H groups in total. The minimum atomic E-state index is 0.0326. The van der Waals surface area contributed by atoms with Crippen LogP contribution in [-0.2, 0) is 7.05 Å². The Bertz CT molecular complexity index is 656. The highest BCUT2D eigenvalue weighted by molar-refractivity contribution is 5.91. The van der Waals surface area contributed by atoms with Crippen molar-refractivity contribution in [3.63, 3.8) is 0 Å². The van der Waals surface area contributed by atoms with E-state index in [1.807, 2.05) is 25.2 Å². The highest BCUT2D eigenvalue weighted by Crippen LogP contribution is 2.21. The molecule has 2 aromatic rings. The zero-order chi connectivity index (χ0) is 13.9. The van der Waals surface area contributed by atoms with Crippen LogP contribution in [0.15, 0.2) is 35.1 Å². The Labute approximate surface area is 118 Å². The highest BCUT2D eigenvalue weighted by atomic mass is 16.1. The van der Waals surface area contributed by atoms with Gasteiger partial charge in [-0.2, -0.15) is 0 Å². The number of rotatable bonds is 4. The Morgan fingerprint density at radius 2 is 2.25 bits per heavy atom. The molecule has 1 aliphatic rings. The number of aryl methyl sites for hydroxylation is 1. The van der Waals surface area contributed by atoms with E-state index < -0.39 is 0 Å². The molecule has 0 aliphatic carbocycles. The van der Waals surface area contributed by atoms with Crippen LogP contribution in [-0.4, -0.2) is 23.7 Å². The summed E-state index contributed by atoms with van der Waals surface area (Å²) in [7, 11) is 1.82. The smallest absolute Gasteiger partial charge is 0.252 e. The standard InChI is InChI=1S/C16H21N3O/c1-19-15-7-3-2-6-13(15)14(11-16(19)20)18-10-8-12-5-4-9-17-12/h2-3,6-7,11-12,17-18H,4-5,8-10H2,1H3/t12-/m1/s1. The van der Waals surface area contributed by atoms with Crippen LogP contribution in [0.5, 0.6) is 0 Å². The summed E-state index contributed by atoms with van der Waals surface area (Å²) in [6.07, 6.45) is 3.64. The first-order chi connectivity index (χ1) is 9.75. The lowest BCUT2D eigenvalue weighted by Crippen LogP contribution is -2.24. The van der Waals surface area contributed by atoms with Crippen molar-refractivity contribution < 1.29 is 0 Å². The Kier molecular flexibility index (Phi) is 3.74. The van der Waals surface area contributed by atoms with Crippen LogP contribution in [0.4, 0.5) is 5.69 Å². The van der Waals surface area contributed by atoms with Gasteiger partial charge in [0.25, 0.3) is 5.56 Å². The number of anilines is 1. The second kappa shape index (κ2) is 5.67. The Hall–Kier alpha value is -1.81. The molecule has 0 amide bonds. The minimum Gasteiger partial charge on any atom is -0.384 e. The number of hydrogen-bond acceptors (Lipinski definition) is 3. The molecule has 1 saturated heterocycles. The first-order valence-corrected chi connectivity index (χ1v) is 7.32. The first kappa shape index (κ1) is 13.2. The second-order valence-electron chi connectivity index (χ2n) is 5.48. The second-order valence-corrected chi connectivity index (χ2v) is 5.48. The summed E-state index contributed by atoms with van der Waals surface area (Å²) in [5, 5.41) is 8.03. The van der Waals surface area contributed by atoms with Crippen LogP contribution >= 0.6 is 0 Å². The summed E-state index contributed by atoms with van der Waals surface area (Å²) in [6.45, 7) is 2.04. The summed E-state index contributed by atoms with van der Waals surface area (Å²) in [4.78, 5) is 12.0. The fourth-order valence-electron chi connectivity index (χ4n) is 2.94. The predicted molar refractivity (Wildman–Crippen MR) is 83.3 cm³/mol. The number of nitrogens with zero attached hydrogens (tertiary/aromatic N) is 1. The fourth-order valence-corrected chi connectivity index (χ4v) is 2.94. The van der Waals surface area contributed by atoms with Gasteiger partial charge in [-0.25, -0.2) is 0 Å². The van der Waals surface area contributed by atoms with Gasteiger partial charge in [-0.1, -0.05) is 18.2 Å². The number of hydrogen-bond donors (Lipinski definition) is 2. The van der Waals surface area contributed by atoms with Crippen molar-refractivity contribution in [3.8, 4) is 0 Å². The molecule has 1 fully saturated rings. The van der Waals surface area contributed by atoms with Gasteiger partial charge in [0.05, 0.1) is 5.52 Å². The normalized spacial score (nSPS) is 18.6. The number of fused-ring (bicyclic) bond motifs is 1. The third-order valence-corrected chi connectivity index (χ3v) is 4.12. The fraction of sp³-hybridized carbons (Fsp3) is 0.438. The van der Waals surface area contributed by atoms with Crippen molar-refractivity contribution in [1.82, 2.24) is 9.88 Å². The van der Waals surface area contributed by atoms with Gasteiger partial charge >= 0.3 is 0 Å². The van der Waals surface area contributed by atoms with Crippen LogP contribution in [0.3, 0.4) is 0 Å². The molecule has 20 heavy (non-hydrogen) atoms. The lowest BCUT2D eigenvalue weighted by atomic mass is 10.1. The zero-order valence-corrected chi connectivity index (χ0v) is 11.9. The Morgan fingerprint density at radius 3 is 3.05 bits per heavy atom. The molecular weight excluding hydrogens is 250 g/mol. The van der Waals surface area contributed by atoms with Crippen LogP contribution in [0, 0.1) is 0 Å². The molecule has 0 unspecified atom stereocenters. The van der Waals surface area contributed by atoms with Gasteiger partial charge in [0.15, 0.2) is 0 Å². The monoisotopic (exact) mass is 271 g/mol. The topological polar surface area (TPSA) is 46.1 Å². The van der Waals surface area contributed by atoms with Crippen LogP contribution in [0.1, 0.15) is 19.3 Å². The number of pyridine rings is 1. The lowest BCUT2D eigenvalue weighted by Gasteiger charge is -2.14. The zero-order valence-electron chi connectivity index (χ0n) is 11.9. The molecule has 1 aliphatic heterocycles. The summed E-state index contributed by atoms with van der Waals surface area (Å²) in [5.41, 5.74) is 1.95. The maximum absolute atomic E-state index is 12.0. The van der Waals surface area contributed by atoms with Gasteiger partial charge < -0.3 is 15.2 Å². The molecule has 3 rings (SSSR count). The molecule has 2 heterocycles.